The summed E-state index contributed by atoms with van der Waals surface area (Å²) in [5.41, 5.74) is 2.50. The van der Waals surface area contributed by atoms with Crippen LogP contribution in [0.3, 0.4) is 0 Å². The molecule has 0 atom stereocenters. The number of rotatable bonds is 2. The molecule has 1 saturated heterocycles. The lowest BCUT2D eigenvalue weighted by Gasteiger charge is -2.25. The standard InChI is InChI=1S/C19H18Cl2N6/c1-12-14(8-22)18(24-10-16(12)20)26-4-3-5-27(7-6-26)19-15(9-23)13(2)17(21)11-25-19/h10-11H,3-7H2,1-2H3. The predicted octanol–water partition coefficient (Wildman–Crippen LogP) is 3.86. The second kappa shape index (κ2) is 8.00. The lowest BCUT2D eigenvalue weighted by molar-refractivity contribution is 0.792. The summed E-state index contributed by atoms with van der Waals surface area (Å²) in [4.78, 5) is 13.0. The molecule has 138 valence electrons. The van der Waals surface area contributed by atoms with Crippen molar-refractivity contribution in [2.24, 2.45) is 0 Å². The van der Waals surface area contributed by atoms with E-state index in [4.69, 9.17) is 23.2 Å². The molecule has 27 heavy (non-hydrogen) atoms. The second-order valence-corrected chi connectivity index (χ2v) is 7.23. The SMILES string of the molecule is Cc1c(Cl)cnc(N2CCCN(c3ncc(Cl)c(C)c3C#N)CC2)c1C#N. The van der Waals surface area contributed by atoms with Crippen LogP contribution >= 0.6 is 23.2 Å². The first-order valence-electron chi connectivity index (χ1n) is 8.58. The zero-order valence-electron chi connectivity index (χ0n) is 15.1. The predicted molar refractivity (Wildman–Crippen MR) is 106 cm³/mol. The summed E-state index contributed by atoms with van der Waals surface area (Å²) < 4.78 is 0. The summed E-state index contributed by atoms with van der Waals surface area (Å²) in [5.74, 6) is 1.31. The number of halogens is 2. The van der Waals surface area contributed by atoms with Crippen LogP contribution < -0.4 is 9.80 Å². The van der Waals surface area contributed by atoms with Gasteiger partial charge in [0.1, 0.15) is 23.8 Å². The highest BCUT2D eigenvalue weighted by atomic mass is 35.5. The fourth-order valence-electron chi connectivity index (χ4n) is 3.22. The monoisotopic (exact) mass is 400 g/mol. The van der Waals surface area contributed by atoms with Crippen LogP contribution in [0.4, 0.5) is 11.6 Å². The Hall–Kier alpha value is -2.54. The Morgan fingerprint density at radius 3 is 1.59 bits per heavy atom. The molecule has 1 aliphatic heterocycles. The number of pyridine rings is 2. The van der Waals surface area contributed by atoms with E-state index in [9.17, 15) is 10.5 Å². The van der Waals surface area contributed by atoms with E-state index in [1.807, 2.05) is 13.8 Å². The molecule has 0 unspecified atom stereocenters. The molecule has 1 aliphatic rings. The van der Waals surface area contributed by atoms with E-state index >= 15 is 0 Å². The third kappa shape index (κ3) is 3.64. The van der Waals surface area contributed by atoms with E-state index in [1.54, 1.807) is 12.4 Å². The Kier molecular flexibility index (Phi) is 5.70. The van der Waals surface area contributed by atoms with Crippen molar-refractivity contribution in [3.63, 3.8) is 0 Å². The van der Waals surface area contributed by atoms with Crippen LogP contribution in [0.2, 0.25) is 10.0 Å². The Bertz CT molecular complexity index is 883. The molecule has 0 amide bonds. The van der Waals surface area contributed by atoms with Crippen LogP contribution in [0.1, 0.15) is 28.7 Å². The molecule has 0 N–H and O–H groups in total. The van der Waals surface area contributed by atoms with Gasteiger partial charge in [0.15, 0.2) is 0 Å². The number of anilines is 2. The molecule has 8 heteroatoms. The first-order chi connectivity index (χ1) is 13.0. The van der Waals surface area contributed by atoms with Crippen molar-refractivity contribution in [1.29, 1.82) is 10.5 Å². The van der Waals surface area contributed by atoms with Crippen molar-refractivity contribution >= 4 is 34.8 Å². The molecule has 0 bridgehead atoms. The van der Waals surface area contributed by atoms with Crippen molar-refractivity contribution in [3.8, 4) is 12.1 Å². The highest BCUT2D eigenvalue weighted by molar-refractivity contribution is 6.31. The zero-order chi connectivity index (χ0) is 19.6. The summed E-state index contributed by atoms with van der Waals surface area (Å²) in [5, 5.41) is 20.1. The van der Waals surface area contributed by atoms with Gasteiger partial charge in [0.2, 0.25) is 0 Å². The maximum absolute atomic E-state index is 9.54. The van der Waals surface area contributed by atoms with E-state index in [-0.39, 0.29) is 0 Å². The zero-order valence-corrected chi connectivity index (χ0v) is 16.6. The minimum absolute atomic E-state index is 0.492. The molecule has 6 nitrogen and oxygen atoms in total. The van der Waals surface area contributed by atoms with Gasteiger partial charge in [-0.3, -0.25) is 0 Å². The summed E-state index contributed by atoms with van der Waals surface area (Å²) >= 11 is 12.2. The lowest BCUT2D eigenvalue weighted by Crippen LogP contribution is -2.32. The molecule has 3 rings (SSSR count). The third-order valence-electron chi connectivity index (χ3n) is 4.83. The van der Waals surface area contributed by atoms with Crippen molar-refractivity contribution in [2.75, 3.05) is 36.0 Å². The third-order valence-corrected chi connectivity index (χ3v) is 5.59. The van der Waals surface area contributed by atoms with Crippen LogP contribution in [0, 0.1) is 36.5 Å². The average molecular weight is 401 g/mol. The fraction of sp³-hybridized carbons (Fsp3) is 0.368. The largest absolute Gasteiger partial charge is 0.354 e. The molecule has 0 aromatic carbocycles. The van der Waals surface area contributed by atoms with E-state index in [0.717, 1.165) is 30.6 Å². The summed E-state index contributed by atoms with van der Waals surface area (Å²) in [7, 11) is 0. The van der Waals surface area contributed by atoms with Crippen molar-refractivity contribution in [2.45, 2.75) is 20.3 Å². The highest BCUT2D eigenvalue weighted by Crippen LogP contribution is 2.29. The molecular weight excluding hydrogens is 383 g/mol. The maximum atomic E-state index is 9.54. The number of aromatic nitrogens is 2. The van der Waals surface area contributed by atoms with Gasteiger partial charge in [0.25, 0.3) is 0 Å². The highest BCUT2D eigenvalue weighted by Gasteiger charge is 2.23. The van der Waals surface area contributed by atoms with Gasteiger partial charge in [-0.2, -0.15) is 10.5 Å². The number of nitrogens with zero attached hydrogens (tertiary/aromatic N) is 6. The van der Waals surface area contributed by atoms with E-state index in [0.29, 0.717) is 45.9 Å². The number of hydrogen-bond acceptors (Lipinski definition) is 6. The molecule has 1 fully saturated rings. The molecule has 0 aliphatic carbocycles. The molecule has 3 heterocycles. The minimum Gasteiger partial charge on any atom is -0.354 e. The first kappa shape index (κ1) is 19.2. The van der Waals surface area contributed by atoms with E-state index in [1.165, 1.54) is 0 Å². The smallest absolute Gasteiger partial charge is 0.146 e. The maximum Gasteiger partial charge on any atom is 0.146 e. The lowest BCUT2D eigenvalue weighted by atomic mass is 10.1. The van der Waals surface area contributed by atoms with Gasteiger partial charge in [-0.15, -0.1) is 0 Å². The Labute approximate surface area is 168 Å². The normalized spacial score (nSPS) is 14.4. The summed E-state index contributed by atoms with van der Waals surface area (Å²) in [6.45, 7) is 6.50. The van der Waals surface area contributed by atoms with Crippen LogP contribution in [-0.2, 0) is 0 Å². The topological polar surface area (TPSA) is 79.8 Å². The minimum atomic E-state index is 0.492. The van der Waals surface area contributed by atoms with Gasteiger partial charge in [-0.25, -0.2) is 9.97 Å². The van der Waals surface area contributed by atoms with E-state index < -0.39 is 0 Å². The summed E-state index contributed by atoms with van der Waals surface area (Å²) in [6.07, 6.45) is 4.03. The van der Waals surface area contributed by atoms with Gasteiger partial charge in [-0.1, -0.05) is 23.2 Å². The van der Waals surface area contributed by atoms with Crippen molar-refractivity contribution < 1.29 is 0 Å². The molecule has 2 aromatic heterocycles. The van der Waals surface area contributed by atoms with Crippen LogP contribution in [0.5, 0.6) is 0 Å². The van der Waals surface area contributed by atoms with Crippen LogP contribution in [0.25, 0.3) is 0 Å². The van der Waals surface area contributed by atoms with E-state index in [2.05, 4.69) is 31.9 Å². The number of hydrogen-bond donors (Lipinski definition) is 0. The van der Waals surface area contributed by atoms with Gasteiger partial charge in [-0.05, 0) is 31.4 Å². The Balaban J connectivity index is 1.88. The summed E-state index contributed by atoms with van der Waals surface area (Å²) in [6, 6.07) is 4.45. The average Bonchev–Trinajstić information content (AvgIpc) is 2.92. The van der Waals surface area contributed by atoms with Crippen molar-refractivity contribution in [3.05, 3.63) is 44.7 Å². The van der Waals surface area contributed by atoms with Gasteiger partial charge in [0, 0.05) is 38.6 Å². The molecule has 0 radical (unpaired) electrons. The van der Waals surface area contributed by atoms with Gasteiger partial charge >= 0.3 is 0 Å². The van der Waals surface area contributed by atoms with Gasteiger partial charge < -0.3 is 9.80 Å². The second-order valence-electron chi connectivity index (χ2n) is 6.41. The van der Waals surface area contributed by atoms with Crippen LogP contribution in [-0.4, -0.2) is 36.1 Å². The molecule has 2 aromatic rings. The quantitative estimate of drug-likeness (QED) is 0.760. The Morgan fingerprint density at radius 1 is 0.815 bits per heavy atom. The van der Waals surface area contributed by atoms with Crippen molar-refractivity contribution in [1.82, 2.24) is 9.97 Å². The number of nitriles is 2. The fourth-order valence-corrected chi connectivity index (χ4v) is 3.51. The molecule has 0 spiro atoms. The first-order valence-corrected chi connectivity index (χ1v) is 9.33. The van der Waals surface area contributed by atoms with Gasteiger partial charge in [0.05, 0.1) is 21.2 Å². The molecular formula is C19H18Cl2N6. The Morgan fingerprint density at radius 2 is 1.22 bits per heavy atom. The molecule has 0 saturated carbocycles. The van der Waals surface area contributed by atoms with Crippen LogP contribution in [0.15, 0.2) is 12.4 Å².